The molecule has 0 saturated heterocycles. The van der Waals surface area contributed by atoms with Gasteiger partial charge in [-0.25, -0.2) is 9.97 Å². The third kappa shape index (κ3) is 5.93. The highest BCUT2D eigenvalue weighted by molar-refractivity contribution is 7.92. The van der Waals surface area contributed by atoms with Gasteiger partial charge >= 0.3 is 6.18 Å². The molecule has 0 amide bonds. The number of anilines is 2. The van der Waals surface area contributed by atoms with E-state index in [1.54, 1.807) is 18.2 Å². The van der Waals surface area contributed by atoms with Gasteiger partial charge in [0.05, 0.1) is 11.3 Å². The highest BCUT2D eigenvalue weighted by Gasteiger charge is 2.35. The normalized spacial score (nSPS) is 11.5. The molecule has 0 fully saturated rings. The highest BCUT2D eigenvalue weighted by Crippen LogP contribution is 2.40. The molecule has 2 heterocycles. The predicted octanol–water partition coefficient (Wildman–Crippen LogP) is 5.13. The third-order valence-electron chi connectivity index (χ3n) is 4.36. The lowest BCUT2D eigenvalue weighted by atomic mass is 10.0. The van der Waals surface area contributed by atoms with Crippen LogP contribution in [0.15, 0.2) is 84.9 Å². The molecule has 34 heavy (non-hydrogen) atoms. The van der Waals surface area contributed by atoms with E-state index in [1.165, 1.54) is 36.4 Å². The summed E-state index contributed by atoms with van der Waals surface area (Å²) >= 11 is 0. The Hall–Kier alpha value is -3.86. The SMILES string of the molecule is C=CCNc1cccc(S(=O)(=O)Nc2ccc(C(F)(F)F)c(-c3ccccc3OCC=C)n2)n1. The van der Waals surface area contributed by atoms with Crippen molar-refractivity contribution in [2.24, 2.45) is 0 Å². The first-order chi connectivity index (χ1) is 16.2. The first kappa shape index (κ1) is 24.8. The zero-order valence-corrected chi connectivity index (χ0v) is 18.7. The molecular weight excluding hydrogens is 469 g/mol. The molecule has 0 spiro atoms. The number of sulfonamides is 1. The van der Waals surface area contributed by atoms with E-state index in [4.69, 9.17) is 4.74 Å². The van der Waals surface area contributed by atoms with Gasteiger partial charge in [-0.2, -0.15) is 21.6 Å². The Kier molecular flexibility index (Phi) is 7.57. The lowest BCUT2D eigenvalue weighted by Crippen LogP contribution is -2.17. The molecule has 0 aliphatic carbocycles. The number of ether oxygens (including phenoxy) is 1. The molecule has 0 bridgehead atoms. The molecule has 2 N–H and O–H groups in total. The van der Waals surface area contributed by atoms with Crippen LogP contribution in [0.25, 0.3) is 11.3 Å². The van der Waals surface area contributed by atoms with E-state index in [2.05, 4.69) is 33.2 Å². The van der Waals surface area contributed by atoms with Crippen LogP contribution >= 0.6 is 0 Å². The highest BCUT2D eigenvalue weighted by atomic mass is 32.2. The maximum Gasteiger partial charge on any atom is 0.418 e. The summed E-state index contributed by atoms with van der Waals surface area (Å²) < 4.78 is 74.6. The van der Waals surface area contributed by atoms with Gasteiger partial charge in [0.1, 0.15) is 24.0 Å². The van der Waals surface area contributed by atoms with Crippen molar-refractivity contribution < 1.29 is 26.3 Å². The first-order valence-electron chi connectivity index (χ1n) is 9.91. The molecule has 0 aliphatic rings. The largest absolute Gasteiger partial charge is 0.489 e. The van der Waals surface area contributed by atoms with Crippen molar-refractivity contribution in [2.45, 2.75) is 11.2 Å². The maximum absolute atomic E-state index is 13.7. The van der Waals surface area contributed by atoms with Gasteiger partial charge in [-0.05, 0) is 36.4 Å². The smallest absolute Gasteiger partial charge is 0.418 e. The summed E-state index contributed by atoms with van der Waals surface area (Å²) in [6.07, 6.45) is -1.71. The summed E-state index contributed by atoms with van der Waals surface area (Å²) in [6, 6.07) is 12.0. The second kappa shape index (κ2) is 10.4. The number of hydrogen-bond acceptors (Lipinski definition) is 6. The number of pyridine rings is 2. The fourth-order valence-corrected chi connectivity index (χ4v) is 3.89. The zero-order chi connectivity index (χ0) is 24.8. The van der Waals surface area contributed by atoms with E-state index >= 15 is 0 Å². The summed E-state index contributed by atoms with van der Waals surface area (Å²) in [5, 5.41) is 2.53. The Morgan fingerprint density at radius 3 is 2.41 bits per heavy atom. The van der Waals surface area contributed by atoms with Crippen LogP contribution in [0.3, 0.4) is 0 Å². The van der Waals surface area contributed by atoms with E-state index in [1.807, 2.05) is 0 Å². The molecule has 11 heteroatoms. The molecule has 0 atom stereocenters. The molecule has 0 unspecified atom stereocenters. The number of hydrogen-bond donors (Lipinski definition) is 2. The van der Waals surface area contributed by atoms with Gasteiger partial charge < -0.3 is 10.1 Å². The number of para-hydroxylation sites is 1. The molecule has 7 nitrogen and oxygen atoms in total. The molecule has 3 rings (SSSR count). The summed E-state index contributed by atoms with van der Waals surface area (Å²) in [5.41, 5.74) is -1.48. The second-order valence-electron chi connectivity index (χ2n) is 6.82. The van der Waals surface area contributed by atoms with Crippen LogP contribution < -0.4 is 14.8 Å². The van der Waals surface area contributed by atoms with Crippen molar-refractivity contribution in [3.05, 3.63) is 85.5 Å². The minimum Gasteiger partial charge on any atom is -0.489 e. The lowest BCUT2D eigenvalue weighted by molar-refractivity contribution is -0.137. The molecule has 178 valence electrons. The number of alkyl halides is 3. The third-order valence-corrected chi connectivity index (χ3v) is 5.62. The van der Waals surface area contributed by atoms with Crippen molar-refractivity contribution in [3.8, 4) is 17.0 Å². The van der Waals surface area contributed by atoms with Crippen molar-refractivity contribution >= 4 is 21.7 Å². The van der Waals surface area contributed by atoms with Crippen LogP contribution in [0.1, 0.15) is 5.56 Å². The molecule has 0 aliphatic heterocycles. The average molecular weight is 491 g/mol. The zero-order valence-electron chi connectivity index (χ0n) is 17.8. The number of halogens is 3. The minimum atomic E-state index is -4.74. The maximum atomic E-state index is 13.7. The van der Waals surface area contributed by atoms with Crippen LogP contribution in [0.4, 0.5) is 24.8 Å². The van der Waals surface area contributed by atoms with E-state index in [9.17, 15) is 21.6 Å². The quantitative estimate of drug-likeness (QED) is 0.383. The predicted molar refractivity (Wildman–Crippen MR) is 124 cm³/mol. The van der Waals surface area contributed by atoms with Crippen LogP contribution in [0.5, 0.6) is 5.75 Å². The fraction of sp³-hybridized carbons (Fsp3) is 0.130. The van der Waals surface area contributed by atoms with E-state index in [0.717, 1.165) is 12.1 Å². The Morgan fingerprint density at radius 1 is 0.941 bits per heavy atom. The molecule has 1 aromatic carbocycles. The topological polar surface area (TPSA) is 93.2 Å². The number of nitrogens with zero attached hydrogens (tertiary/aromatic N) is 2. The summed E-state index contributed by atoms with van der Waals surface area (Å²) in [5.74, 6) is 0.119. The van der Waals surface area contributed by atoms with Crippen molar-refractivity contribution in [3.63, 3.8) is 0 Å². The van der Waals surface area contributed by atoms with E-state index < -0.39 is 27.5 Å². The van der Waals surface area contributed by atoms with Crippen LogP contribution in [-0.4, -0.2) is 31.5 Å². The average Bonchev–Trinajstić information content (AvgIpc) is 2.81. The Labute approximate surface area is 195 Å². The summed E-state index contributed by atoms with van der Waals surface area (Å²) in [7, 11) is -4.25. The van der Waals surface area contributed by atoms with Gasteiger partial charge in [0, 0.05) is 12.1 Å². The standard InChI is InChI=1S/C23H21F3N4O3S/c1-3-14-27-19-10-7-11-21(28-19)34(31,32)30-20-13-12-17(23(24,25)26)22(29-20)16-8-5-6-9-18(16)33-15-4-2/h3-13H,1-2,14-15H2,(H,27,28)(H,29,30). The molecule has 2 aromatic heterocycles. The van der Waals surface area contributed by atoms with Gasteiger partial charge in [0.25, 0.3) is 10.0 Å². The first-order valence-corrected chi connectivity index (χ1v) is 11.4. The Bertz CT molecular complexity index is 1290. The molecule has 0 saturated carbocycles. The van der Waals surface area contributed by atoms with Crippen molar-refractivity contribution in [1.29, 1.82) is 0 Å². The lowest BCUT2D eigenvalue weighted by Gasteiger charge is -2.17. The monoisotopic (exact) mass is 490 g/mol. The van der Waals surface area contributed by atoms with Crippen molar-refractivity contribution in [1.82, 2.24) is 9.97 Å². The van der Waals surface area contributed by atoms with Crippen LogP contribution in [-0.2, 0) is 16.2 Å². The minimum absolute atomic E-state index is 0.0477. The van der Waals surface area contributed by atoms with Gasteiger partial charge in [-0.15, -0.1) is 6.58 Å². The summed E-state index contributed by atoms with van der Waals surface area (Å²) in [4.78, 5) is 8.00. The van der Waals surface area contributed by atoms with Crippen LogP contribution in [0.2, 0.25) is 0 Å². The Morgan fingerprint density at radius 2 is 1.71 bits per heavy atom. The van der Waals surface area contributed by atoms with Crippen LogP contribution in [0, 0.1) is 0 Å². The number of nitrogens with one attached hydrogen (secondary N) is 2. The van der Waals surface area contributed by atoms with E-state index in [-0.39, 0.29) is 34.6 Å². The van der Waals surface area contributed by atoms with E-state index in [0.29, 0.717) is 6.54 Å². The summed E-state index contributed by atoms with van der Waals surface area (Å²) in [6.45, 7) is 7.51. The van der Waals surface area contributed by atoms with Gasteiger partial charge in [-0.1, -0.05) is 36.9 Å². The Balaban J connectivity index is 2.04. The van der Waals surface area contributed by atoms with Gasteiger partial charge in [0.15, 0.2) is 5.03 Å². The second-order valence-corrected chi connectivity index (χ2v) is 8.45. The molecule has 3 aromatic rings. The number of aromatic nitrogens is 2. The number of rotatable bonds is 10. The van der Waals surface area contributed by atoms with Gasteiger partial charge in [0.2, 0.25) is 0 Å². The van der Waals surface area contributed by atoms with Crippen molar-refractivity contribution in [2.75, 3.05) is 23.2 Å². The van der Waals surface area contributed by atoms with Gasteiger partial charge in [-0.3, -0.25) is 4.72 Å². The molecule has 0 radical (unpaired) electrons. The number of benzene rings is 1. The fourth-order valence-electron chi connectivity index (χ4n) is 2.92. The molecular formula is C23H21F3N4O3S.